The molecule has 0 bridgehead atoms. The van der Waals surface area contributed by atoms with Gasteiger partial charge >= 0.3 is 0 Å². The van der Waals surface area contributed by atoms with E-state index in [0.717, 1.165) is 11.8 Å². The van der Waals surface area contributed by atoms with Crippen LogP contribution in [0.15, 0.2) is 23.3 Å². The number of halogens is 1. The quantitative estimate of drug-likeness (QED) is 0.499. The van der Waals surface area contributed by atoms with Crippen molar-refractivity contribution in [3.05, 3.63) is 23.3 Å². The summed E-state index contributed by atoms with van der Waals surface area (Å²) >= 11 is 3.43. The Hall–Kier alpha value is -0.0400. The molecule has 0 amide bonds. The number of alkyl halides is 1. The Labute approximate surface area is 84.9 Å². The van der Waals surface area contributed by atoms with Crippen LogP contribution in [0.4, 0.5) is 0 Å². The molecule has 0 radical (unpaired) electrons. The fourth-order valence-electron chi connectivity index (χ4n) is 0.976. The van der Waals surface area contributed by atoms with Gasteiger partial charge in [0.05, 0.1) is 0 Å². The third kappa shape index (κ3) is 5.59. The Morgan fingerprint density at radius 1 is 1.25 bits per heavy atom. The van der Waals surface area contributed by atoms with Gasteiger partial charge in [0.15, 0.2) is 0 Å². The normalized spacial score (nSPS) is 12.0. The van der Waals surface area contributed by atoms with Gasteiger partial charge in [0.2, 0.25) is 0 Å². The summed E-state index contributed by atoms with van der Waals surface area (Å²) in [5.74, 6) is 0.665. The van der Waals surface area contributed by atoms with Gasteiger partial charge in [0, 0.05) is 5.33 Å². The fourth-order valence-corrected chi connectivity index (χ4v) is 1.39. The van der Waals surface area contributed by atoms with Crippen molar-refractivity contribution < 1.29 is 0 Å². The smallest absolute Gasteiger partial charge is 0.0214 e. The standard InChI is InChI=1S/C11H19Br/c1-9(2)5-6-11(7-8-12)10(3)4/h5,7,10H,6,8H2,1-4H3/b11-7-. The molecular weight excluding hydrogens is 212 g/mol. The highest BCUT2D eigenvalue weighted by Crippen LogP contribution is 2.15. The molecule has 0 rings (SSSR count). The first-order valence-corrected chi connectivity index (χ1v) is 5.58. The summed E-state index contributed by atoms with van der Waals surface area (Å²) < 4.78 is 0. The summed E-state index contributed by atoms with van der Waals surface area (Å²) in [4.78, 5) is 0. The molecule has 0 saturated heterocycles. The van der Waals surface area contributed by atoms with Crippen LogP contribution in [0.1, 0.15) is 34.1 Å². The Bertz CT molecular complexity index is 171. The summed E-state index contributed by atoms with van der Waals surface area (Å²) in [7, 11) is 0. The zero-order chi connectivity index (χ0) is 9.56. The van der Waals surface area contributed by atoms with Crippen LogP contribution in [0, 0.1) is 5.92 Å². The van der Waals surface area contributed by atoms with Gasteiger partial charge in [-0.25, -0.2) is 0 Å². The maximum atomic E-state index is 3.43. The van der Waals surface area contributed by atoms with Crippen LogP contribution in [-0.4, -0.2) is 5.33 Å². The van der Waals surface area contributed by atoms with E-state index in [0.29, 0.717) is 5.92 Å². The van der Waals surface area contributed by atoms with Crippen LogP contribution in [0.5, 0.6) is 0 Å². The van der Waals surface area contributed by atoms with Gasteiger partial charge in [-0.05, 0) is 26.2 Å². The molecule has 0 heterocycles. The maximum absolute atomic E-state index is 3.43. The summed E-state index contributed by atoms with van der Waals surface area (Å²) in [6, 6.07) is 0. The van der Waals surface area contributed by atoms with E-state index < -0.39 is 0 Å². The number of hydrogen-bond acceptors (Lipinski definition) is 0. The highest BCUT2D eigenvalue weighted by Gasteiger charge is 1.99. The summed E-state index contributed by atoms with van der Waals surface area (Å²) in [5.41, 5.74) is 2.92. The van der Waals surface area contributed by atoms with E-state index in [1.54, 1.807) is 0 Å². The molecule has 0 nitrogen and oxygen atoms in total. The van der Waals surface area contributed by atoms with Gasteiger partial charge < -0.3 is 0 Å². The average Bonchev–Trinajstić information content (AvgIpc) is 1.96. The monoisotopic (exact) mass is 230 g/mol. The maximum Gasteiger partial charge on any atom is 0.0214 e. The molecule has 0 aliphatic rings. The van der Waals surface area contributed by atoms with Crippen LogP contribution in [0.3, 0.4) is 0 Å². The van der Waals surface area contributed by atoms with Crippen molar-refractivity contribution in [1.29, 1.82) is 0 Å². The second-order valence-corrected chi connectivity index (χ2v) is 4.22. The highest BCUT2D eigenvalue weighted by atomic mass is 79.9. The first-order chi connectivity index (χ1) is 5.57. The minimum atomic E-state index is 0.665. The molecule has 0 fully saturated rings. The van der Waals surface area contributed by atoms with E-state index in [1.165, 1.54) is 11.1 Å². The van der Waals surface area contributed by atoms with Crippen LogP contribution < -0.4 is 0 Å². The molecule has 0 spiro atoms. The molecule has 0 aromatic rings. The van der Waals surface area contributed by atoms with E-state index in [4.69, 9.17) is 0 Å². The van der Waals surface area contributed by atoms with Crippen molar-refractivity contribution in [3.63, 3.8) is 0 Å². The summed E-state index contributed by atoms with van der Waals surface area (Å²) in [5, 5.41) is 0.969. The molecule has 0 N–H and O–H groups in total. The Morgan fingerprint density at radius 3 is 2.17 bits per heavy atom. The lowest BCUT2D eigenvalue weighted by molar-refractivity contribution is 0.744. The highest BCUT2D eigenvalue weighted by molar-refractivity contribution is 9.09. The minimum Gasteiger partial charge on any atom is -0.0883 e. The molecule has 0 saturated carbocycles. The molecule has 0 unspecified atom stereocenters. The first-order valence-electron chi connectivity index (χ1n) is 4.46. The van der Waals surface area contributed by atoms with E-state index in [2.05, 4.69) is 55.8 Å². The van der Waals surface area contributed by atoms with Crippen molar-refractivity contribution in [2.75, 3.05) is 5.33 Å². The SMILES string of the molecule is CC(C)=CC/C(=C/CBr)C(C)C. The Morgan fingerprint density at radius 2 is 1.83 bits per heavy atom. The van der Waals surface area contributed by atoms with Crippen LogP contribution in [-0.2, 0) is 0 Å². The largest absolute Gasteiger partial charge is 0.0883 e. The lowest BCUT2D eigenvalue weighted by atomic mass is 9.99. The van der Waals surface area contributed by atoms with Crippen molar-refractivity contribution >= 4 is 15.9 Å². The van der Waals surface area contributed by atoms with Gasteiger partial charge in [-0.1, -0.05) is 53.1 Å². The second-order valence-electron chi connectivity index (χ2n) is 3.57. The molecular formula is C11H19Br. The molecule has 0 aliphatic heterocycles. The zero-order valence-corrected chi connectivity index (χ0v) is 10.1. The molecule has 0 aromatic carbocycles. The van der Waals surface area contributed by atoms with Crippen LogP contribution in [0.2, 0.25) is 0 Å². The van der Waals surface area contributed by atoms with Crippen molar-refractivity contribution in [2.45, 2.75) is 34.1 Å². The third-order valence-electron chi connectivity index (χ3n) is 1.83. The molecule has 70 valence electrons. The Balaban J connectivity index is 4.16. The van der Waals surface area contributed by atoms with E-state index >= 15 is 0 Å². The van der Waals surface area contributed by atoms with E-state index in [9.17, 15) is 0 Å². The van der Waals surface area contributed by atoms with Gasteiger partial charge in [0.25, 0.3) is 0 Å². The fraction of sp³-hybridized carbons (Fsp3) is 0.636. The van der Waals surface area contributed by atoms with Crippen molar-refractivity contribution in [1.82, 2.24) is 0 Å². The van der Waals surface area contributed by atoms with Crippen molar-refractivity contribution in [3.8, 4) is 0 Å². The second kappa shape index (κ2) is 6.47. The molecule has 0 aromatic heterocycles. The van der Waals surface area contributed by atoms with Crippen molar-refractivity contribution in [2.24, 2.45) is 5.92 Å². The molecule has 1 heteroatoms. The summed E-state index contributed by atoms with van der Waals surface area (Å²) in [6.45, 7) is 8.78. The topological polar surface area (TPSA) is 0 Å². The lowest BCUT2D eigenvalue weighted by Crippen LogP contribution is -1.93. The summed E-state index contributed by atoms with van der Waals surface area (Å²) in [6.07, 6.45) is 5.66. The number of hydrogen-bond donors (Lipinski definition) is 0. The minimum absolute atomic E-state index is 0.665. The van der Waals surface area contributed by atoms with Gasteiger partial charge in [-0.2, -0.15) is 0 Å². The van der Waals surface area contributed by atoms with E-state index in [-0.39, 0.29) is 0 Å². The number of allylic oxidation sites excluding steroid dienone is 4. The predicted octanol–water partition coefficient (Wildman–Crippen LogP) is 4.32. The Kier molecular flexibility index (Phi) is 6.45. The van der Waals surface area contributed by atoms with Gasteiger partial charge in [-0.3, -0.25) is 0 Å². The van der Waals surface area contributed by atoms with Crippen LogP contribution >= 0.6 is 15.9 Å². The van der Waals surface area contributed by atoms with E-state index in [1.807, 2.05) is 0 Å². The lowest BCUT2D eigenvalue weighted by Gasteiger charge is -2.08. The average molecular weight is 231 g/mol. The molecule has 0 atom stereocenters. The molecule has 0 aliphatic carbocycles. The van der Waals surface area contributed by atoms with Crippen LogP contribution in [0.25, 0.3) is 0 Å². The number of rotatable bonds is 4. The predicted molar refractivity (Wildman–Crippen MR) is 60.8 cm³/mol. The first kappa shape index (κ1) is 12.0. The van der Waals surface area contributed by atoms with Gasteiger partial charge in [0.1, 0.15) is 0 Å². The zero-order valence-electron chi connectivity index (χ0n) is 8.52. The molecule has 12 heavy (non-hydrogen) atoms. The van der Waals surface area contributed by atoms with Gasteiger partial charge in [-0.15, -0.1) is 0 Å². The third-order valence-corrected chi connectivity index (χ3v) is 2.15.